The van der Waals surface area contributed by atoms with Crippen molar-refractivity contribution in [3.8, 4) is 11.5 Å². The number of rotatable bonds is 4. The predicted molar refractivity (Wildman–Crippen MR) is 75.2 cm³/mol. The second-order valence-corrected chi connectivity index (χ2v) is 7.36. The van der Waals surface area contributed by atoms with Gasteiger partial charge in [0.2, 0.25) is 9.05 Å². The average Bonchev–Trinajstić information content (AvgIpc) is 2.28. The normalized spacial score (nSPS) is 11.4. The molecule has 0 radical (unpaired) electrons. The summed E-state index contributed by atoms with van der Waals surface area (Å²) in [7, 11) is 4.62. The zero-order valence-electron chi connectivity index (χ0n) is 10.5. The van der Waals surface area contributed by atoms with E-state index in [9.17, 15) is 8.42 Å². The Balaban J connectivity index is 3.63. The van der Waals surface area contributed by atoms with E-state index >= 15 is 0 Å². The van der Waals surface area contributed by atoms with E-state index in [1.165, 1.54) is 14.2 Å². The van der Waals surface area contributed by atoms with Crippen molar-refractivity contribution in [3.63, 3.8) is 0 Å². The van der Waals surface area contributed by atoms with Crippen LogP contribution in [0.15, 0.2) is 4.47 Å². The van der Waals surface area contributed by atoms with Gasteiger partial charge in [0.05, 0.1) is 20.0 Å². The zero-order chi connectivity index (χ0) is 14.1. The van der Waals surface area contributed by atoms with Gasteiger partial charge in [-0.15, -0.1) is 0 Å². The second kappa shape index (κ2) is 5.67. The smallest absolute Gasteiger partial charge is 0.236 e. The Morgan fingerprint density at radius 2 is 1.61 bits per heavy atom. The molecule has 1 rings (SSSR count). The van der Waals surface area contributed by atoms with Crippen LogP contribution in [0.2, 0.25) is 0 Å². The maximum Gasteiger partial charge on any atom is 0.236 e. The lowest BCUT2D eigenvalue weighted by atomic mass is 10.0. The molecule has 0 bridgehead atoms. The fourth-order valence-corrected chi connectivity index (χ4v) is 3.24. The molecule has 0 aliphatic heterocycles. The van der Waals surface area contributed by atoms with Gasteiger partial charge in [-0.25, -0.2) is 8.42 Å². The maximum absolute atomic E-state index is 11.3. The van der Waals surface area contributed by atoms with E-state index < -0.39 is 9.05 Å². The Hall–Kier alpha value is -0.460. The third-order valence-electron chi connectivity index (χ3n) is 2.66. The van der Waals surface area contributed by atoms with Gasteiger partial charge in [0.15, 0.2) is 11.5 Å². The molecule has 102 valence electrons. The van der Waals surface area contributed by atoms with Crippen LogP contribution in [0.4, 0.5) is 0 Å². The summed E-state index contributed by atoms with van der Waals surface area (Å²) in [6.45, 7) is 3.66. The van der Waals surface area contributed by atoms with Gasteiger partial charge in [0.1, 0.15) is 0 Å². The van der Waals surface area contributed by atoms with Crippen LogP contribution in [0.25, 0.3) is 0 Å². The molecule has 4 nitrogen and oxygen atoms in total. The molecule has 0 heterocycles. The number of ether oxygens (including phenoxy) is 2. The zero-order valence-corrected chi connectivity index (χ0v) is 13.7. The van der Waals surface area contributed by atoms with E-state index in [4.69, 9.17) is 20.2 Å². The van der Waals surface area contributed by atoms with E-state index in [0.717, 1.165) is 15.6 Å². The quantitative estimate of drug-likeness (QED) is 0.777. The molecule has 7 heteroatoms. The van der Waals surface area contributed by atoms with Gasteiger partial charge in [0, 0.05) is 26.3 Å². The number of halogens is 2. The highest BCUT2D eigenvalue weighted by Gasteiger charge is 2.23. The molecule has 0 fully saturated rings. The van der Waals surface area contributed by atoms with Crippen molar-refractivity contribution in [1.29, 1.82) is 0 Å². The highest BCUT2D eigenvalue weighted by atomic mass is 79.9. The van der Waals surface area contributed by atoms with Crippen LogP contribution in [0.5, 0.6) is 11.5 Å². The van der Waals surface area contributed by atoms with Crippen molar-refractivity contribution in [2.24, 2.45) is 0 Å². The summed E-state index contributed by atoms with van der Waals surface area (Å²) in [5, 5.41) is 0. The van der Waals surface area contributed by atoms with Crippen LogP contribution >= 0.6 is 26.6 Å². The van der Waals surface area contributed by atoms with E-state index in [1.807, 2.05) is 6.92 Å². The van der Waals surface area contributed by atoms with Crippen molar-refractivity contribution in [3.05, 3.63) is 21.2 Å². The van der Waals surface area contributed by atoms with Crippen molar-refractivity contribution < 1.29 is 17.9 Å². The third kappa shape index (κ3) is 3.10. The summed E-state index contributed by atoms with van der Waals surface area (Å²) in [6.07, 6.45) is 0. The number of hydrogen-bond donors (Lipinski definition) is 0. The lowest BCUT2D eigenvalue weighted by molar-refractivity contribution is 0.350. The van der Waals surface area contributed by atoms with E-state index in [0.29, 0.717) is 17.1 Å². The molecule has 0 aliphatic rings. The minimum atomic E-state index is -3.67. The molecule has 0 atom stereocenters. The van der Waals surface area contributed by atoms with Gasteiger partial charge in [-0.1, -0.05) is 15.9 Å². The topological polar surface area (TPSA) is 52.6 Å². The minimum absolute atomic E-state index is 0.307. The largest absolute Gasteiger partial charge is 0.493 e. The van der Waals surface area contributed by atoms with Gasteiger partial charge in [-0.2, -0.15) is 0 Å². The van der Waals surface area contributed by atoms with E-state index in [-0.39, 0.29) is 5.75 Å². The summed E-state index contributed by atoms with van der Waals surface area (Å²) in [4.78, 5) is 0. The summed E-state index contributed by atoms with van der Waals surface area (Å²) >= 11 is 3.42. The van der Waals surface area contributed by atoms with Crippen LogP contribution in [-0.2, 0) is 14.8 Å². The fourth-order valence-electron chi connectivity index (χ4n) is 1.80. The van der Waals surface area contributed by atoms with Crippen molar-refractivity contribution in [2.45, 2.75) is 19.6 Å². The monoisotopic (exact) mass is 356 g/mol. The van der Waals surface area contributed by atoms with E-state index in [2.05, 4.69) is 15.9 Å². The molecule has 0 aromatic heterocycles. The predicted octanol–water partition coefficient (Wildman–Crippen LogP) is 3.15. The molecule has 0 unspecified atom stereocenters. The number of methoxy groups -OCH3 is 2. The molecular weight excluding hydrogens is 344 g/mol. The third-order valence-corrected chi connectivity index (χ3v) is 4.81. The Labute approximate surface area is 120 Å². The second-order valence-electron chi connectivity index (χ2n) is 3.79. The van der Waals surface area contributed by atoms with Crippen LogP contribution in [0.1, 0.15) is 16.7 Å². The highest BCUT2D eigenvalue weighted by molar-refractivity contribution is 9.10. The first-order chi connectivity index (χ1) is 8.22. The molecule has 0 saturated carbocycles. The summed E-state index contributed by atoms with van der Waals surface area (Å²) in [5.41, 5.74) is 2.12. The average molecular weight is 358 g/mol. The first kappa shape index (κ1) is 15.6. The Morgan fingerprint density at radius 1 is 1.11 bits per heavy atom. The molecule has 0 spiro atoms. The molecule has 1 aromatic carbocycles. The van der Waals surface area contributed by atoms with Crippen molar-refractivity contribution in [1.82, 2.24) is 0 Å². The van der Waals surface area contributed by atoms with E-state index in [1.54, 1.807) is 6.92 Å². The van der Waals surface area contributed by atoms with Gasteiger partial charge >= 0.3 is 0 Å². The highest BCUT2D eigenvalue weighted by Crippen LogP contribution is 2.42. The van der Waals surface area contributed by atoms with Crippen LogP contribution in [0, 0.1) is 13.8 Å². The molecular formula is C11H14BrClO4S. The Bertz CT molecular complexity index is 569. The SMILES string of the molecule is COc1c(C)c(Br)c(C)c(CS(=O)(=O)Cl)c1OC. The van der Waals surface area contributed by atoms with Crippen molar-refractivity contribution >= 4 is 35.7 Å². The maximum atomic E-state index is 11.3. The van der Waals surface area contributed by atoms with Crippen LogP contribution < -0.4 is 9.47 Å². The Morgan fingerprint density at radius 3 is 2.00 bits per heavy atom. The standard InChI is InChI=1S/C11H14BrClO4S/c1-6-8(5-18(13,14)15)11(17-4)10(16-3)7(2)9(6)12/h5H2,1-4H3. The Kier molecular flexibility index (Phi) is 4.91. The van der Waals surface area contributed by atoms with Gasteiger partial charge in [0.25, 0.3) is 0 Å². The molecule has 18 heavy (non-hydrogen) atoms. The first-order valence-corrected chi connectivity index (χ1v) is 8.32. The van der Waals surface area contributed by atoms with Crippen LogP contribution in [-0.4, -0.2) is 22.6 Å². The summed E-state index contributed by atoms with van der Waals surface area (Å²) in [6, 6.07) is 0. The van der Waals surface area contributed by atoms with Gasteiger partial charge in [-0.3, -0.25) is 0 Å². The fraction of sp³-hybridized carbons (Fsp3) is 0.455. The lowest BCUT2D eigenvalue weighted by Crippen LogP contribution is -2.05. The van der Waals surface area contributed by atoms with Gasteiger partial charge in [-0.05, 0) is 19.4 Å². The number of benzene rings is 1. The molecule has 1 aromatic rings. The molecule has 0 saturated heterocycles. The molecule has 0 N–H and O–H groups in total. The van der Waals surface area contributed by atoms with Crippen LogP contribution in [0.3, 0.4) is 0 Å². The molecule has 0 amide bonds. The summed E-state index contributed by atoms with van der Waals surface area (Å²) < 4.78 is 33.9. The summed E-state index contributed by atoms with van der Waals surface area (Å²) in [5.74, 6) is 0.601. The van der Waals surface area contributed by atoms with Gasteiger partial charge < -0.3 is 9.47 Å². The van der Waals surface area contributed by atoms with Crippen molar-refractivity contribution in [2.75, 3.05) is 14.2 Å². The minimum Gasteiger partial charge on any atom is -0.493 e. The molecule has 0 aliphatic carbocycles. The number of hydrogen-bond acceptors (Lipinski definition) is 4. The lowest BCUT2D eigenvalue weighted by Gasteiger charge is -2.18. The first-order valence-electron chi connectivity index (χ1n) is 5.04.